The summed E-state index contributed by atoms with van der Waals surface area (Å²) in [6, 6.07) is -0.852. The van der Waals surface area contributed by atoms with Gasteiger partial charge < -0.3 is 45.3 Å². The molecule has 10 unspecified atom stereocenters. The SMILES string of the molecule is CNC1C(C)OC(COC2OC(CO)C(C)C(O)C2NC)C(O)C1O. The number of aliphatic hydroxyl groups is 4. The van der Waals surface area contributed by atoms with Crippen molar-refractivity contribution in [3.63, 3.8) is 0 Å². The third-order valence-electron chi connectivity index (χ3n) is 5.36. The Morgan fingerprint density at radius 2 is 1.52 bits per heavy atom. The van der Waals surface area contributed by atoms with Gasteiger partial charge in [-0.15, -0.1) is 0 Å². The van der Waals surface area contributed by atoms with E-state index in [1.54, 1.807) is 21.0 Å². The Bertz CT molecular complexity index is 416. The third kappa shape index (κ3) is 4.32. The molecule has 0 bridgehead atoms. The van der Waals surface area contributed by atoms with Crippen molar-refractivity contribution in [3.05, 3.63) is 0 Å². The second kappa shape index (κ2) is 9.03. The molecule has 2 aliphatic heterocycles. The fraction of sp³-hybridized carbons (Fsp3) is 1.00. The fourth-order valence-corrected chi connectivity index (χ4v) is 3.63. The fourth-order valence-electron chi connectivity index (χ4n) is 3.63. The van der Waals surface area contributed by atoms with E-state index in [2.05, 4.69) is 10.6 Å². The molecule has 0 saturated carbocycles. The number of rotatable bonds is 6. The van der Waals surface area contributed by atoms with E-state index in [1.807, 2.05) is 6.92 Å². The maximum absolute atomic E-state index is 10.4. The molecule has 6 N–H and O–H groups in total. The Balaban J connectivity index is 1.99. The molecule has 2 saturated heterocycles. The van der Waals surface area contributed by atoms with Gasteiger partial charge in [0.1, 0.15) is 18.3 Å². The first kappa shape index (κ1) is 20.9. The van der Waals surface area contributed by atoms with Crippen LogP contribution >= 0.6 is 0 Å². The number of nitrogens with one attached hydrogen (secondary N) is 2. The van der Waals surface area contributed by atoms with Crippen LogP contribution in [-0.4, -0.2) is 103 Å². The summed E-state index contributed by atoms with van der Waals surface area (Å²) in [6.45, 7) is 3.37. The van der Waals surface area contributed by atoms with Gasteiger partial charge in [0, 0.05) is 5.92 Å². The van der Waals surface area contributed by atoms with Crippen molar-refractivity contribution in [1.29, 1.82) is 0 Å². The maximum Gasteiger partial charge on any atom is 0.175 e. The van der Waals surface area contributed by atoms with E-state index in [4.69, 9.17) is 14.2 Å². The highest BCUT2D eigenvalue weighted by molar-refractivity contribution is 4.95. The van der Waals surface area contributed by atoms with Crippen LogP contribution in [0.2, 0.25) is 0 Å². The molecule has 10 atom stereocenters. The largest absolute Gasteiger partial charge is 0.394 e. The second-order valence-corrected chi connectivity index (χ2v) is 6.90. The quantitative estimate of drug-likeness (QED) is 0.300. The Hall–Kier alpha value is -0.360. The van der Waals surface area contributed by atoms with E-state index >= 15 is 0 Å². The zero-order valence-electron chi connectivity index (χ0n) is 15.2. The number of aliphatic hydroxyl groups excluding tert-OH is 4. The second-order valence-electron chi connectivity index (χ2n) is 6.90. The van der Waals surface area contributed by atoms with Crippen LogP contribution in [0.5, 0.6) is 0 Å². The average Bonchev–Trinajstić information content (AvgIpc) is 2.60. The van der Waals surface area contributed by atoms with Crippen LogP contribution in [-0.2, 0) is 14.2 Å². The number of ether oxygens (including phenoxy) is 3. The van der Waals surface area contributed by atoms with E-state index in [0.29, 0.717) is 0 Å². The van der Waals surface area contributed by atoms with Crippen molar-refractivity contribution in [1.82, 2.24) is 10.6 Å². The van der Waals surface area contributed by atoms with Crippen molar-refractivity contribution in [2.24, 2.45) is 5.92 Å². The van der Waals surface area contributed by atoms with Crippen LogP contribution in [0.4, 0.5) is 0 Å². The average molecular weight is 364 g/mol. The van der Waals surface area contributed by atoms with E-state index in [9.17, 15) is 20.4 Å². The van der Waals surface area contributed by atoms with Gasteiger partial charge in [0.05, 0.1) is 43.6 Å². The number of likely N-dealkylation sites (N-methyl/N-ethyl adjacent to an activating group) is 2. The summed E-state index contributed by atoms with van der Waals surface area (Å²) in [5.74, 6) is -0.253. The topological polar surface area (TPSA) is 133 Å². The number of hydrogen-bond acceptors (Lipinski definition) is 9. The van der Waals surface area contributed by atoms with Gasteiger partial charge in [-0.1, -0.05) is 6.92 Å². The van der Waals surface area contributed by atoms with Gasteiger partial charge in [-0.25, -0.2) is 0 Å². The van der Waals surface area contributed by atoms with Crippen molar-refractivity contribution >= 4 is 0 Å². The molecule has 0 aliphatic carbocycles. The molecular weight excluding hydrogens is 332 g/mol. The summed E-state index contributed by atoms with van der Waals surface area (Å²) in [7, 11) is 3.39. The summed E-state index contributed by atoms with van der Waals surface area (Å²) in [5.41, 5.74) is 0. The third-order valence-corrected chi connectivity index (χ3v) is 5.36. The minimum Gasteiger partial charge on any atom is -0.394 e. The molecule has 0 radical (unpaired) electrons. The molecule has 2 rings (SSSR count). The number of hydrogen-bond donors (Lipinski definition) is 6. The van der Waals surface area contributed by atoms with Crippen LogP contribution in [0.15, 0.2) is 0 Å². The van der Waals surface area contributed by atoms with E-state index in [-0.39, 0.29) is 31.3 Å². The minimum atomic E-state index is -1.11. The minimum absolute atomic E-state index is 0.0128. The highest BCUT2D eigenvalue weighted by atomic mass is 16.7. The van der Waals surface area contributed by atoms with Crippen LogP contribution < -0.4 is 10.6 Å². The lowest BCUT2D eigenvalue weighted by Gasteiger charge is -2.45. The normalized spacial score (nSPS) is 48.5. The summed E-state index contributed by atoms with van der Waals surface area (Å²) in [4.78, 5) is 0. The summed E-state index contributed by atoms with van der Waals surface area (Å²) in [6.07, 6.45) is -5.22. The standard InChI is InChI=1S/C16H32N2O7/c1-7-9(5-19)25-16(12(18-4)13(7)20)23-6-10-14(21)15(22)11(17-3)8(2)24-10/h7-22H,5-6H2,1-4H3. The Kier molecular flexibility index (Phi) is 7.56. The van der Waals surface area contributed by atoms with Crippen molar-refractivity contribution in [2.75, 3.05) is 27.3 Å². The molecule has 2 heterocycles. The predicted octanol–water partition coefficient (Wildman–Crippen LogP) is -2.60. The van der Waals surface area contributed by atoms with Crippen LogP contribution in [0.25, 0.3) is 0 Å². The molecule has 148 valence electrons. The molecule has 25 heavy (non-hydrogen) atoms. The Labute approximate surface area is 148 Å². The molecule has 9 heteroatoms. The van der Waals surface area contributed by atoms with Gasteiger partial charge in [-0.2, -0.15) is 0 Å². The predicted molar refractivity (Wildman–Crippen MR) is 88.9 cm³/mol. The molecule has 0 aromatic rings. The summed E-state index contributed by atoms with van der Waals surface area (Å²) < 4.78 is 17.2. The smallest absolute Gasteiger partial charge is 0.175 e. The lowest BCUT2D eigenvalue weighted by atomic mass is 9.89. The van der Waals surface area contributed by atoms with E-state index < -0.39 is 42.9 Å². The van der Waals surface area contributed by atoms with E-state index in [0.717, 1.165) is 0 Å². The Morgan fingerprint density at radius 1 is 0.880 bits per heavy atom. The van der Waals surface area contributed by atoms with Crippen molar-refractivity contribution in [2.45, 2.75) is 68.8 Å². The lowest BCUT2D eigenvalue weighted by Crippen LogP contribution is -2.63. The summed E-state index contributed by atoms with van der Waals surface area (Å²) >= 11 is 0. The molecule has 9 nitrogen and oxygen atoms in total. The van der Waals surface area contributed by atoms with Gasteiger partial charge in [0.15, 0.2) is 6.29 Å². The van der Waals surface area contributed by atoms with Gasteiger partial charge in [-0.3, -0.25) is 0 Å². The first-order chi connectivity index (χ1) is 11.8. The van der Waals surface area contributed by atoms with Crippen molar-refractivity contribution in [3.8, 4) is 0 Å². The molecule has 0 aromatic carbocycles. The first-order valence-electron chi connectivity index (χ1n) is 8.77. The van der Waals surface area contributed by atoms with Crippen LogP contribution in [0, 0.1) is 5.92 Å². The zero-order chi connectivity index (χ0) is 18.7. The van der Waals surface area contributed by atoms with Gasteiger partial charge >= 0.3 is 0 Å². The monoisotopic (exact) mass is 364 g/mol. The molecule has 0 aromatic heterocycles. The molecule has 2 fully saturated rings. The van der Waals surface area contributed by atoms with E-state index in [1.165, 1.54) is 0 Å². The van der Waals surface area contributed by atoms with Gasteiger partial charge in [0.2, 0.25) is 0 Å². The van der Waals surface area contributed by atoms with Crippen LogP contribution in [0.3, 0.4) is 0 Å². The lowest BCUT2D eigenvalue weighted by molar-refractivity contribution is -0.274. The maximum atomic E-state index is 10.4. The zero-order valence-corrected chi connectivity index (χ0v) is 15.2. The van der Waals surface area contributed by atoms with Crippen LogP contribution in [0.1, 0.15) is 13.8 Å². The summed E-state index contributed by atoms with van der Waals surface area (Å²) in [5, 5.41) is 46.2. The first-order valence-corrected chi connectivity index (χ1v) is 8.77. The highest BCUT2D eigenvalue weighted by Crippen LogP contribution is 2.28. The molecule has 2 aliphatic rings. The van der Waals surface area contributed by atoms with Gasteiger partial charge in [0.25, 0.3) is 0 Å². The highest BCUT2D eigenvalue weighted by Gasteiger charge is 2.45. The van der Waals surface area contributed by atoms with Gasteiger partial charge in [-0.05, 0) is 21.0 Å². The molecular formula is C16H32N2O7. The molecule has 0 spiro atoms. The Morgan fingerprint density at radius 3 is 2.08 bits per heavy atom. The van der Waals surface area contributed by atoms with Crippen molar-refractivity contribution < 1.29 is 34.6 Å². The molecule has 0 amide bonds.